The van der Waals surface area contributed by atoms with E-state index in [2.05, 4.69) is 16.0 Å². The van der Waals surface area contributed by atoms with E-state index in [0.29, 0.717) is 48.9 Å². The van der Waals surface area contributed by atoms with E-state index in [4.69, 9.17) is 15.7 Å². The van der Waals surface area contributed by atoms with Crippen molar-refractivity contribution in [2.24, 2.45) is 18.7 Å². The number of imidazole rings is 1. The first kappa shape index (κ1) is 24.9. The van der Waals surface area contributed by atoms with E-state index in [9.17, 15) is 14.9 Å². The lowest BCUT2D eigenvalue weighted by Gasteiger charge is -2.31. The average Bonchev–Trinajstić information content (AvgIpc) is 3.28. The molecule has 194 valence electrons. The third-order valence-corrected chi connectivity index (χ3v) is 7.48. The summed E-state index contributed by atoms with van der Waals surface area (Å²) < 4.78 is 4.51. The highest BCUT2D eigenvalue weighted by molar-refractivity contribution is 5.74. The second-order valence-electron chi connectivity index (χ2n) is 10.1. The molecule has 0 saturated carbocycles. The molecule has 4 heterocycles. The molecule has 0 bridgehead atoms. The molecule has 0 spiro atoms. The largest absolute Gasteiger partial charge is 0.341 e. The van der Waals surface area contributed by atoms with Gasteiger partial charge in [-0.05, 0) is 51.5 Å². The van der Waals surface area contributed by atoms with Crippen molar-refractivity contribution < 1.29 is 0 Å². The SMILES string of the molecule is C/C=C/Cn1c(N2CCC[C@@H](N)C2)nc2c1c(=O)n(Cc1nc(C)c3c(n1)CCC(C#N)C3)c(=O)n2C. The van der Waals surface area contributed by atoms with Crippen molar-refractivity contribution in [3.05, 3.63) is 55.8 Å². The van der Waals surface area contributed by atoms with Crippen molar-refractivity contribution in [3.8, 4) is 6.07 Å². The second kappa shape index (κ2) is 9.94. The Morgan fingerprint density at radius 3 is 2.73 bits per heavy atom. The molecule has 2 aliphatic rings. The lowest BCUT2D eigenvalue weighted by Crippen LogP contribution is -2.44. The minimum Gasteiger partial charge on any atom is -0.341 e. The highest BCUT2D eigenvalue weighted by Crippen LogP contribution is 2.26. The Kier molecular flexibility index (Phi) is 6.69. The van der Waals surface area contributed by atoms with Crippen molar-refractivity contribution in [1.29, 1.82) is 5.26 Å². The zero-order chi connectivity index (χ0) is 26.3. The maximum Gasteiger partial charge on any atom is 0.332 e. The molecule has 37 heavy (non-hydrogen) atoms. The van der Waals surface area contributed by atoms with Gasteiger partial charge in [0, 0.05) is 44.1 Å². The Balaban J connectivity index is 1.62. The maximum atomic E-state index is 13.8. The molecule has 11 heteroatoms. The van der Waals surface area contributed by atoms with Crippen molar-refractivity contribution >= 4 is 17.1 Å². The van der Waals surface area contributed by atoms with Crippen LogP contribution in [0.2, 0.25) is 0 Å². The number of rotatable bonds is 5. The van der Waals surface area contributed by atoms with Gasteiger partial charge >= 0.3 is 5.69 Å². The summed E-state index contributed by atoms with van der Waals surface area (Å²) in [7, 11) is 1.64. The molecule has 3 aromatic heterocycles. The van der Waals surface area contributed by atoms with E-state index in [1.807, 2.05) is 30.6 Å². The summed E-state index contributed by atoms with van der Waals surface area (Å²) in [5, 5.41) is 9.32. The van der Waals surface area contributed by atoms with Gasteiger partial charge in [-0.25, -0.2) is 14.8 Å². The second-order valence-corrected chi connectivity index (χ2v) is 10.1. The lowest BCUT2D eigenvalue weighted by atomic mass is 9.87. The molecule has 1 aliphatic heterocycles. The van der Waals surface area contributed by atoms with Gasteiger partial charge in [-0.2, -0.15) is 10.2 Å². The fourth-order valence-corrected chi connectivity index (χ4v) is 5.49. The number of hydrogen-bond acceptors (Lipinski definition) is 8. The first-order chi connectivity index (χ1) is 17.8. The van der Waals surface area contributed by atoms with Gasteiger partial charge in [0.15, 0.2) is 11.2 Å². The molecular weight excluding hydrogens is 470 g/mol. The number of anilines is 1. The van der Waals surface area contributed by atoms with Crippen LogP contribution in [0.3, 0.4) is 0 Å². The van der Waals surface area contributed by atoms with Gasteiger partial charge in [0.2, 0.25) is 5.95 Å². The molecule has 2 atom stereocenters. The standard InChI is InChI=1S/C26H33N9O2/c1-4-5-11-34-22-23(31-25(34)33-10-6-7-18(28)14-33)32(3)26(37)35(24(22)36)15-21-29-16(2)19-12-17(13-27)8-9-20(19)30-21/h4-5,17-18H,6-12,14-15,28H2,1-3H3/b5-4+/t17?,18-/m1/s1. The Labute approximate surface area is 214 Å². The summed E-state index contributed by atoms with van der Waals surface area (Å²) >= 11 is 0. The summed E-state index contributed by atoms with van der Waals surface area (Å²) in [6.45, 7) is 5.69. The molecule has 3 aromatic rings. The van der Waals surface area contributed by atoms with Gasteiger partial charge in [-0.1, -0.05) is 12.2 Å². The molecule has 11 nitrogen and oxygen atoms in total. The molecule has 1 saturated heterocycles. The fraction of sp³-hybridized carbons (Fsp3) is 0.538. The number of nitrogens with zero attached hydrogens (tertiary/aromatic N) is 8. The van der Waals surface area contributed by atoms with Crippen LogP contribution in [0, 0.1) is 24.2 Å². The lowest BCUT2D eigenvalue weighted by molar-refractivity contribution is 0.495. The van der Waals surface area contributed by atoms with Crippen LogP contribution in [0.15, 0.2) is 21.7 Å². The van der Waals surface area contributed by atoms with Crippen LogP contribution in [-0.2, 0) is 33.0 Å². The quantitative estimate of drug-likeness (QED) is 0.512. The minimum atomic E-state index is -0.460. The van der Waals surface area contributed by atoms with Gasteiger partial charge < -0.3 is 15.2 Å². The number of fused-ring (bicyclic) bond motifs is 2. The summed E-state index contributed by atoms with van der Waals surface area (Å²) in [4.78, 5) is 43.4. The zero-order valence-corrected chi connectivity index (χ0v) is 21.6. The first-order valence-electron chi connectivity index (χ1n) is 12.9. The molecule has 1 aliphatic carbocycles. The van der Waals surface area contributed by atoms with Gasteiger partial charge in [-0.15, -0.1) is 0 Å². The van der Waals surface area contributed by atoms with E-state index in [1.165, 1.54) is 9.13 Å². The summed E-state index contributed by atoms with van der Waals surface area (Å²) in [5.74, 6) is 1.05. The van der Waals surface area contributed by atoms with Crippen LogP contribution in [-0.4, -0.2) is 47.8 Å². The van der Waals surface area contributed by atoms with Gasteiger partial charge in [-0.3, -0.25) is 13.9 Å². The molecule has 5 rings (SSSR count). The van der Waals surface area contributed by atoms with Crippen LogP contribution in [0.4, 0.5) is 5.95 Å². The minimum absolute atomic E-state index is 0.0286. The molecule has 0 aromatic carbocycles. The number of allylic oxidation sites excluding steroid dienone is 2. The van der Waals surface area contributed by atoms with Crippen molar-refractivity contribution in [2.45, 2.75) is 65.1 Å². The Hall–Kier alpha value is -3.78. The molecule has 2 N–H and O–H groups in total. The predicted molar refractivity (Wildman–Crippen MR) is 140 cm³/mol. The summed E-state index contributed by atoms with van der Waals surface area (Å²) in [5.41, 5.74) is 8.80. The summed E-state index contributed by atoms with van der Waals surface area (Å²) in [6.07, 6.45) is 7.87. The van der Waals surface area contributed by atoms with Gasteiger partial charge in [0.05, 0.1) is 18.5 Å². The van der Waals surface area contributed by atoms with Crippen molar-refractivity contribution in [2.75, 3.05) is 18.0 Å². The molecule has 0 radical (unpaired) electrons. The van der Waals surface area contributed by atoms with Crippen LogP contribution in [0.25, 0.3) is 11.2 Å². The fourth-order valence-electron chi connectivity index (χ4n) is 5.49. The van der Waals surface area contributed by atoms with E-state index in [-0.39, 0.29) is 18.5 Å². The van der Waals surface area contributed by atoms with Crippen LogP contribution in [0.1, 0.15) is 49.0 Å². The number of aryl methyl sites for hydroxylation is 3. The van der Waals surface area contributed by atoms with Gasteiger partial charge in [0.25, 0.3) is 5.56 Å². The number of aromatic nitrogens is 6. The molecule has 0 amide bonds. The normalized spacial score (nSPS) is 19.9. The first-order valence-corrected chi connectivity index (χ1v) is 12.9. The van der Waals surface area contributed by atoms with Crippen molar-refractivity contribution in [3.63, 3.8) is 0 Å². The van der Waals surface area contributed by atoms with Crippen LogP contribution >= 0.6 is 0 Å². The van der Waals surface area contributed by atoms with E-state index < -0.39 is 11.2 Å². The Morgan fingerprint density at radius 2 is 2.00 bits per heavy atom. The van der Waals surface area contributed by atoms with E-state index in [0.717, 1.165) is 42.8 Å². The highest BCUT2D eigenvalue weighted by atomic mass is 16.2. The Bertz CT molecular complexity index is 1540. The summed E-state index contributed by atoms with van der Waals surface area (Å²) in [6, 6.07) is 2.38. The molecule has 1 unspecified atom stereocenters. The number of hydrogen-bond donors (Lipinski definition) is 1. The molecular formula is C26H33N9O2. The predicted octanol–water partition coefficient (Wildman–Crippen LogP) is 1.18. The maximum absolute atomic E-state index is 13.8. The highest BCUT2D eigenvalue weighted by Gasteiger charge is 2.27. The molecule has 1 fully saturated rings. The third-order valence-electron chi connectivity index (χ3n) is 7.48. The zero-order valence-electron chi connectivity index (χ0n) is 21.6. The smallest absolute Gasteiger partial charge is 0.332 e. The van der Waals surface area contributed by atoms with Crippen LogP contribution in [0.5, 0.6) is 0 Å². The van der Waals surface area contributed by atoms with E-state index >= 15 is 0 Å². The third kappa shape index (κ3) is 4.46. The number of piperidine rings is 1. The van der Waals surface area contributed by atoms with E-state index in [1.54, 1.807) is 7.05 Å². The average molecular weight is 504 g/mol. The monoisotopic (exact) mass is 503 g/mol. The van der Waals surface area contributed by atoms with Crippen LogP contribution < -0.4 is 21.9 Å². The topological polar surface area (TPSA) is 141 Å². The number of nitriles is 1. The Morgan fingerprint density at radius 1 is 1.19 bits per heavy atom. The van der Waals surface area contributed by atoms with Gasteiger partial charge in [0.1, 0.15) is 5.82 Å². The van der Waals surface area contributed by atoms with Crippen molar-refractivity contribution in [1.82, 2.24) is 28.7 Å². The number of nitrogens with two attached hydrogens (primary N) is 1.